The van der Waals surface area contributed by atoms with E-state index in [2.05, 4.69) is 6.92 Å². The number of nitrogens with zero attached hydrogens (tertiary/aromatic N) is 1. The minimum absolute atomic E-state index is 0.00838. The van der Waals surface area contributed by atoms with Crippen molar-refractivity contribution in [1.29, 1.82) is 0 Å². The molecule has 0 aromatic rings. The van der Waals surface area contributed by atoms with Gasteiger partial charge in [-0.1, -0.05) is 27.2 Å². The first-order valence-corrected chi connectivity index (χ1v) is 4.84. The highest BCUT2D eigenvalue weighted by molar-refractivity contribution is 6.05. The topological polar surface area (TPSA) is 37.4 Å². The van der Waals surface area contributed by atoms with E-state index in [0.29, 0.717) is 13.0 Å². The van der Waals surface area contributed by atoms with Gasteiger partial charge in [0.2, 0.25) is 11.8 Å². The maximum absolute atomic E-state index is 11.6. The lowest BCUT2D eigenvalue weighted by Gasteiger charge is -2.17. The Kier molecular flexibility index (Phi) is 2.74. The smallest absolute Gasteiger partial charge is 0.235 e. The molecule has 74 valence electrons. The molecule has 0 aromatic heterocycles. The molecule has 13 heavy (non-hydrogen) atoms. The van der Waals surface area contributed by atoms with Crippen molar-refractivity contribution in [1.82, 2.24) is 4.90 Å². The monoisotopic (exact) mass is 183 g/mol. The van der Waals surface area contributed by atoms with E-state index in [-0.39, 0.29) is 11.8 Å². The zero-order chi connectivity index (χ0) is 10.1. The number of hydrogen-bond donors (Lipinski definition) is 0. The molecule has 0 atom stereocenters. The molecule has 1 aliphatic rings. The molecule has 0 radical (unpaired) electrons. The average molecular weight is 183 g/mol. The van der Waals surface area contributed by atoms with Crippen molar-refractivity contribution in [3.63, 3.8) is 0 Å². The first-order chi connectivity index (χ1) is 5.99. The number of likely N-dealkylation sites (tertiary alicyclic amines) is 1. The van der Waals surface area contributed by atoms with Gasteiger partial charge in [-0.3, -0.25) is 14.5 Å². The van der Waals surface area contributed by atoms with Gasteiger partial charge in [0, 0.05) is 13.0 Å². The van der Waals surface area contributed by atoms with E-state index in [4.69, 9.17) is 0 Å². The van der Waals surface area contributed by atoms with Crippen molar-refractivity contribution in [2.75, 3.05) is 6.54 Å². The van der Waals surface area contributed by atoms with Gasteiger partial charge in [-0.2, -0.15) is 0 Å². The maximum Gasteiger partial charge on any atom is 0.235 e. The minimum Gasteiger partial charge on any atom is -0.282 e. The molecule has 0 aromatic carbocycles. The van der Waals surface area contributed by atoms with Gasteiger partial charge in [-0.05, 0) is 6.42 Å². The molecule has 1 fully saturated rings. The number of hydrogen-bond acceptors (Lipinski definition) is 2. The second-order valence-electron chi connectivity index (χ2n) is 4.26. The van der Waals surface area contributed by atoms with Crippen LogP contribution >= 0.6 is 0 Å². The Morgan fingerprint density at radius 2 is 2.00 bits per heavy atom. The summed E-state index contributed by atoms with van der Waals surface area (Å²) in [5, 5.41) is 0. The Hall–Kier alpha value is -0.860. The molecule has 0 saturated carbocycles. The average Bonchev–Trinajstić information content (AvgIpc) is 2.21. The summed E-state index contributed by atoms with van der Waals surface area (Å²) in [4.78, 5) is 24.5. The Balaban J connectivity index is 2.66. The third-order valence-electron chi connectivity index (χ3n) is 2.45. The molecule has 1 saturated heterocycles. The molecule has 0 spiro atoms. The van der Waals surface area contributed by atoms with Gasteiger partial charge >= 0.3 is 0 Å². The van der Waals surface area contributed by atoms with E-state index in [0.717, 1.165) is 12.8 Å². The van der Waals surface area contributed by atoms with Crippen LogP contribution in [0.4, 0.5) is 0 Å². The molecule has 0 N–H and O–H groups in total. The lowest BCUT2D eigenvalue weighted by molar-refractivity contribution is -0.140. The molecule has 2 amide bonds. The van der Waals surface area contributed by atoms with Gasteiger partial charge < -0.3 is 0 Å². The number of amides is 2. The molecule has 3 nitrogen and oxygen atoms in total. The van der Waals surface area contributed by atoms with Crippen molar-refractivity contribution in [3.8, 4) is 0 Å². The molecular formula is C10H17NO2. The largest absolute Gasteiger partial charge is 0.282 e. The number of carbonyl (C=O) groups is 2. The van der Waals surface area contributed by atoms with Crippen LogP contribution in [0.1, 0.15) is 40.0 Å². The van der Waals surface area contributed by atoms with Crippen molar-refractivity contribution < 1.29 is 9.59 Å². The Labute approximate surface area is 79.1 Å². The van der Waals surface area contributed by atoms with E-state index in [1.807, 2.05) is 13.8 Å². The van der Waals surface area contributed by atoms with E-state index in [1.54, 1.807) is 0 Å². The van der Waals surface area contributed by atoms with Gasteiger partial charge in [-0.25, -0.2) is 0 Å². The van der Waals surface area contributed by atoms with Crippen LogP contribution in [0.3, 0.4) is 0 Å². The highest BCUT2D eigenvalue weighted by Gasteiger charge is 2.44. The molecule has 1 rings (SSSR count). The summed E-state index contributed by atoms with van der Waals surface area (Å²) < 4.78 is 0. The lowest BCUT2D eigenvalue weighted by atomic mass is 9.92. The predicted octanol–water partition coefficient (Wildman–Crippen LogP) is 1.57. The van der Waals surface area contributed by atoms with Crippen LogP contribution in [0, 0.1) is 5.41 Å². The van der Waals surface area contributed by atoms with Crippen LogP contribution in [0.2, 0.25) is 0 Å². The first kappa shape index (κ1) is 10.2. The lowest BCUT2D eigenvalue weighted by Crippen LogP contribution is -2.33. The summed E-state index contributed by atoms with van der Waals surface area (Å²) >= 11 is 0. The second-order valence-corrected chi connectivity index (χ2v) is 4.26. The van der Waals surface area contributed by atoms with Gasteiger partial charge in [0.15, 0.2) is 0 Å². The molecular weight excluding hydrogens is 166 g/mol. The summed E-state index contributed by atoms with van der Waals surface area (Å²) in [5.74, 6) is -0.0191. The number of carbonyl (C=O) groups excluding carboxylic acids is 2. The van der Waals surface area contributed by atoms with Crippen molar-refractivity contribution in [2.45, 2.75) is 40.0 Å². The first-order valence-electron chi connectivity index (χ1n) is 4.84. The van der Waals surface area contributed by atoms with Gasteiger partial charge in [0.25, 0.3) is 0 Å². The Bertz CT molecular complexity index is 233. The molecule has 0 aliphatic carbocycles. The van der Waals surface area contributed by atoms with E-state index >= 15 is 0 Å². The summed E-state index contributed by atoms with van der Waals surface area (Å²) in [6, 6.07) is 0. The fraction of sp³-hybridized carbons (Fsp3) is 0.800. The standard InChI is InChI=1S/C10H17NO2/c1-4-5-6-11-8(12)7-10(2,3)9(11)13/h4-7H2,1-3H3. The Morgan fingerprint density at radius 1 is 1.38 bits per heavy atom. The zero-order valence-corrected chi connectivity index (χ0v) is 8.59. The quantitative estimate of drug-likeness (QED) is 0.623. The number of unbranched alkanes of at least 4 members (excludes halogenated alkanes) is 1. The van der Waals surface area contributed by atoms with Crippen LogP contribution in [0.25, 0.3) is 0 Å². The van der Waals surface area contributed by atoms with Crippen molar-refractivity contribution in [3.05, 3.63) is 0 Å². The van der Waals surface area contributed by atoms with Gasteiger partial charge in [0.1, 0.15) is 0 Å². The summed E-state index contributed by atoms with van der Waals surface area (Å²) in [6.07, 6.45) is 2.29. The zero-order valence-electron chi connectivity index (χ0n) is 8.59. The normalized spacial score (nSPS) is 21.3. The fourth-order valence-corrected chi connectivity index (χ4v) is 1.57. The molecule has 0 bridgehead atoms. The third kappa shape index (κ3) is 1.90. The molecule has 0 unspecified atom stereocenters. The van der Waals surface area contributed by atoms with Gasteiger partial charge in [0.05, 0.1) is 5.41 Å². The van der Waals surface area contributed by atoms with Crippen molar-refractivity contribution >= 4 is 11.8 Å². The molecule has 1 aliphatic heterocycles. The summed E-state index contributed by atoms with van der Waals surface area (Å²) in [6.45, 7) is 6.31. The third-order valence-corrected chi connectivity index (χ3v) is 2.45. The highest BCUT2D eigenvalue weighted by atomic mass is 16.2. The van der Waals surface area contributed by atoms with Crippen LogP contribution in [-0.4, -0.2) is 23.3 Å². The summed E-state index contributed by atoms with van der Waals surface area (Å²) in [7, 11) is 0. The van der Waals surface area contributed by atoms with Crippen LogP contribution in [0.5, 0.6) is 0 Å². The minimum atomic E-state index is -0.467. The SMILES string of the molecule is CCCCN1C(=O)CC(C)(C)C1=O. The molecule has 1 heterocycles. The second kappa shape index (κ2) is 3.48. The van der Waals surface area contributed by atoms with Gasteiger partial charge in [-0.15, -0.1) is 0 Å². The van der Waals surface area contributed by atoms with Crippen molar-refractivity contribution in [2.24, 2.45) is 5.41 Å². The number of imide groups is 1. The number of rotatable bonds is 3. The Morgan fingerprint density at radius 3 is 2.38 bits per heavy atom. The highest BCUT2D eigenvalue weighted by Crippen LogP contribution is 2.31. The van der Waals surface area contributed by atoms with Crippen LogP contribution < -0.4 is 0 Å². The maximum atomic E-state index is 11.6. The van der Waals surface area contributed by atoms with Crippen LogP contribution in [-0.2, 0) is 9.59 Å². The van der Waals surface area contributed by atoms with Crippen LogP contribution in [0.15, 0.2) is 0 Å². The van der Waals surface area contributed by atoms with E-state index in [9.17, 15) is 9.59 Å². The fourth-order valence-electron chi connectivity index (χ4n) is 1.57. The predicted molar refractivity (Wildman–Crippen MR) is 50.0 cm³/mol. The summed E-state index contributed by atoms with van der Waals surface area (Å²) in [5.41, 5.74) is -0.467. The van der Waals surface area contributed by atoms with E-state index in [1.165, 1.54) is 4.90 Å². The molecule has 3 heteroatoms. The van der Waals surface area contributed by atoms with E-state index < -0.39 is 5.41 Å².